The van der Waals surface area contributed by atoms with Crippen molar-refractivity contribution in [2.24, 2.45) is 23.4 Å². The van der Waals surface area contributed by atoms with E-state index in [0.29, 0.717) is 8.64 Å². The van der Waals surface area contributed by atoms with Crippen LogP contribution in [0.3, 0.4) is 0 Å². The summed E-state index contributed by atoms with van der Waals surface area (Å²) in [5.41, 5.74) is 0. The number of hydrogen-bond acceptors (Lipinski definition) is 8. The maximum absolute atomic E-state index is 5.19. The molecule has 0 unspecified atom stereocenters. The Morgan fingerprint density at radius 1 is 0.923 bits per heavy atom. The molecule has 8 N–H and O–H groups in total. The second-order valence-electron chi connectivity index (χ2n) is 1.63. The summed E-state index contributed by atoms with van der Waals surface area (Å²) < 4.78 is 0.915. The minimum absolute atomic E-state index is 0.458. The van der Waals surface area contributed by atoms with E-state index >= 15 is 0 Å². The van der Waals surface area contributed by atoms with Gasteiger partial charge in [0.15, 0.2) is 0 Å². The van der Waals surface area contributed by atoms with Crippen molar-refractivity contribution in [3.63, 3.8) is 0 Å². The molecule has 2 radical (unpaired) electrons. The van der Waals surface area contributed by atoms with Gasteiger partial charge in [-0.15, -0.1) is 0 Å². The number of hydrazine groups is 4. The molecule has 0 rings (SSSR count). The van der Waals surface area contributed by atoms with Crippen LogP contribution in [0.2, 0.25) is 0 Å². The third kappa shape index (κ3) is 7.20. The standard InChI is InChI=1S/2CH5N3S2.Pb/c2*2-4(3)1(5)6;/h2*2-3H2,(H,5,6);/q;;+2/p-2. The van der Waals surface area contributed by atoms with Crippen LogP contribution in [0.5, 0.6) is 0 Å². The molecule has 0 bridgehead atoms. The van der Waals surface area contributed by atoms with Gasteiger partial charge in [-0.25, -0.2) is 0 Å². The number of thiocarbonyl (C=S) groups is 2. The van der Waals surface area contributed by atoms with Crippen molar-refractivity contribution in [1.82, 2.24) is 10.2 Å². The molecule has 13 heavy (non-hydrogen) atoms. The SMILES string of the molecule is NN(N)C(=S)[S][Pb][S]C(=S)N(N)N. The van der Waals surface area contributed by atoms with Crippen LogP contribution in [0.4, 0.5) is 0 Å². The first-order valence-corrected chi connectivity index (χ1v) is 14.7. The van der Waals surface area contributed by atoms with E-state index in [1.165, 1.54) is 16.6 Å². The number of hydrogen-bond donors (Lipinski definition) is 4. The molecule has 0 aromatic rings. The van der Waals surface area contributed by atoms with Gasteiger partial charge < -0.3 is 0 Å². The summed E-state index contributed by atoms with van der Waals surface area (Å²) in [5.74, 6) is 20.8. The zero-order valence-electron chi connectivity index (χ0n) is 6.34. The first-order valence-electron chi connectivity index (χ1n) is 2.70. The molecule has 6 nitrogen and oxygen atoms in total. The monoisotopic (exact) mass is 452 g/mol. The molecule has 0 saturated heterocycles. The molecule has 0 spiro atoms. The van der Waals surface area contributed by atoms with Crippen molar-refractivity contribution >= 4 is 70.9 Å². The van der Waals surface area contributed by atoms with Crippen LogP contribution >= 0.6 is 41.1 Å². The quantitative estimate of drug-likeness (QED) is 0.174. The average Bonchev–Trinajstić information content (AvgIpc) is 2.03. The van der Waals surface area contributed by atoms with Gasteiger partial charge in [-0.1, -0.05) is 0 Å². The van der Waals surface area contributed by atoms with E-state index in [0.717, 1.165) is 10.2 Å². The third-order valence-electron chi connectivity index (χ3n) is 0.680. The predicted molar refractivity (Wildman–Crippen MR) is 66.6 cm³/mol. The van der Waals surface area contributed by atoms with E-state index < -0.39 is 21.2 Å². The first-order chi connectivity index (χ1) is 5.95. The fraction of sp³-hybridized carbons (Fsp3) is 0. The Kier molecular flexibility index (Phi) is 8.24. The van der Waals surface area contributed by atoms with Crippen molar-refractivity contribution in [2.75, 3.05) is 0 Å². The molecule has 0 saturated carbocycles. The zero-order valence-corrected chi connectivity index (χ0v) is 13.5. The molecule has 0 heterocycles. The fourth-order valence-electron chi connectivity index (χ4n) is 0.198. The van der Waals surface area contributed by atoms with Gasteiger partial charge in [0, 0.05) is 0 Å². The molecule has 0 atom stereocenters. The van der Waals surface area contributed by atoms with Gasteiger partial charge >= 0.3 is 105 Å². The van der Waals surface area contributed by atoms with Crippen molar-refractivity contribution in [1.29, 1.82) is 0 Å². The topological polar surface area (TPSA) is 111 Å². The molecule has 0 aliphatic rings. The molecule has 0 amide bonds. The summed E-state index contributed by atoms with van der Waals surface area (Å²) in [6, 6.07) is 0. The second-order valence-corrected chi connectivity index (χ2v) is 15.4. The maximum atomic E-state index is 5.19. The molecular weight excluding hydrogens is 444 g/mol. The van der Waals surface area contributed by atoms with E-state index in [-0.39, 0.29) is 0 Å². The van der Waals surface area contributed by atoms with Crippen LogP contribution in [-0.4, -0.2) is 40.1 Å². The van der Waals surface area contributed by atoms with E-state index in [4.69, 9.17) is 47.8 Å². The average molecular weight is 452 g/mol. The van der Waals surface area contributed by atoms with Gasteiger partial charge in [0.25, 0.3) is 0 Å². The predicted octanol–water partition coefficient (Wildman–Crippen LogP) is -1.34. The van der Waals surface area contributed by atoms with Gasteiger partial charge in [-0.05, 0) is 0 Å². The van der Waals surface area contributed by atoms with E-state index in [9.17, 15) is 0 Å². The molecule has 11 heteroatoms. The van der Waals surface area contributed by atoms with Gasteiger partial charge in [-0.3, -0.25) is 0 Å². The number of nitrogens with two attached hydrogens (primary N) is 4. The van der Waals surface area contributed by atoms with Crippen LogP contribution in [-0.2, 0) is 0 Å². The summed E-state index contributed by atoms with van der Waals surface area (Å²) in [6.45, 7) is 0. The van der Waals surface area contributed by atoms with Crippen molar-refractivity contribution in [2.45, 2.75) is 0 Å². The molecule has 0 fully saturated rings. The van der Waals surface area contributed by atoms with E-state index in [2.05, 4.69) is 0 Å². The molecule has 0 aromatic heterocycles. The Morgan fingerprint density at radius 3 is 1.46 bits per heavy atom. The summed E-state index contributed by atoms with van der Waals surface area (Å²) in [4.78, 5) is 0. The van der Waals surface area contributed by atoms with Crippen molar-refractivity contribution in [3.8, 4) is 0 Å². The van der Waals surface area contributed by atoms with Crippen LogP contribution in [0.1, 0.15) is 0 Å². The Balaban J connectivity index is 3.57. The van der Waals surface area contributed by atoms with Gasteiger partial charge in [0.05, 0.1) is 0 Å². The third-order valence-corrected chi connectivity index (χ3v) is 16.8. The van der Waals surface area contributed by atoms with Crippen molar-refractivity contribution in [3.05, 3.63) is 0 Å². The normalized spacial score (nSPS) is 9.54. The van der Waals surface area contributed by atoms with E-state index in [1.54, 1.807) is 0 Å². The molecule has 0 aliphatic heterocycles. The fourth-order valence-corrected chi connectivity index (χ4v) is 15.4. The van der Waals surface area contributed by atoms with Gasteiger partial charge in [-0.2, -0.15) is 0 Å². The number of nitrogens with zero attached hydrogens (tertiary/aromatic N) is 2. The first kappa shape index (κ1) is 14.2. The van der Waals surface area contributed by atoms with Gasteiger partial charge in [0.1, 0.15) is 0 Å². The zero-order chi connectivity index (χ0) is 10.4. The van der Waals surface area contributed by atoms with Crippen LogP contribution in [0, 0.1) is 0 Å². The Hall–Kier alpha value is 1.24. The van der Waals surface area contributed by atoms with Crippen LogP contribution in [0.15, 0.2) is 0 Å². The molecule has 0 aliphatic carbocycles. The molecule has 0 aromatic carbocycles. The Labute approximate surface area is 103 Å². The van der Waals surface area contributed by atoms with Crippen molar-refractivity contribution < 1.29 is 0 Å². The Bertz CT molecular complexity index is 175. The number of rotatable bonds is 2. The van der Waals surface area contributed by atoms with Crippen LogP contribution < -0.4 is 23.4 Å². The second kappa shape index (κ2) is 7.52. The molecular formula is C2H8N6PbS4. The summed E-state index contributed by atoms with van der Waals surface area (Å²) in [7, 11) is 2.94. The van der Waals surface area contributed by atoms with Gasteiger partial charge in [0.2, 0.25) is 0 Å². The summed E-state index contributed by atoms with van der Waals surface area (Å²) in [5, 5.41) is 1.83. The minimum atomic E-state index is -1.10. The summed E-state index contributed by atoms with van der Waals surface area (Å²) in [6.07, 6.45) is 0. The molecule has 74 valence electrons. The Morgan fingerprint density at radius 2 is 1.23 bits per heavy atom. The van der Waals surface area contributed by atoms with E-state index in [1.807, 2.05) is 0 Å². The summed E-state index contributed by atoms with van der Waals surface area (Å²) >= 11 is 8.61. The van der Waals surface area contributed by atoms with Crippen LogP contribution in [0.25, 0.3) is 0 Å².